The molecule has 0 bridgehead atoms. The molecule has 1 aliphatic rings. The first kappa shape index (κ1) is 18.2. The fraction of sp³-hybridized carbons (Fsp3) is 0.222. The van der Waals surface area contributed by atoms with Gasteiger partial charge in [-0.3, -0.25) is 15.0 Å². The number of methoxy groups -OCH3 is 1. The van der Waals surface area contributed by atoms with Gasteiger partial charge in [-0.2, -0.15) is 0 Å². The lowest BCUT2D eigenvalue weighted by atomic mass is 10.2. The average molecular weight is 372 g/mol. The van der Waals surface area contributed by atoms with E-state index in [2.05, 4.69) is 4.74 Å². The monoisotopic (exact) mass is 372 g/mol. The Hall–Kier alpha value is -3.62. The Morgan fingerprint density at radius 2 is 1.89 bits per heavy atom. The van der Waals surface area contributed by atoms with Gasteiger partial charge in [0.05, 0.1) is 24.1 Å². The largest absolute Gasteiger partial charge is 0.490 e. The van der Waals surface area contributed by atoms with Crippen molar-refractivity contribution in [1.29, 1.82) is 0 Å². The van der Waals surface area contributed by atoms with E-state index in [9.17, 15) is 19.7 Å². The molecule has 0 aromatic heterocycles. The molecule has 1 unspecified atom stereocenters. The number of nitro benzene ring substituents is 1. The predicted octanol–water partition coefficient (Wildman–Crippen LogP) is 2.79. The molecule has 1 aliphatic heterocycles. The standard InChI is InChI=1S/C18H16N2O7/c1-25-17(21)12-2-8-15(9-3-12)26-11-16-10-19(18(22)27-16)13-4-6-14(7-5-13)20(23)24/h2-9,16H,10-11H2,1H3. The van der Waals surface area contributed by atoms with Crippen LogP contribution in [0, 0.1) is 10.1 Å². The van der Waals surface area contributed by atoms with Crippen LogP contribution in [0.25, 0.3) is 0 Å². The summed E-state index contributed by atoms with van der Waals surface area (Å²) in [4.78, 5) is 35.0. The van der Waals surface area contributed by atoms with Gasteiger partial charge in [0, 0.05) is 17.8 Å². The van der Waals surface area contributed by atoms with Crippen LogP contribution in [0.1, 0.15) is 10.4 Å². The Morgan fingerprint density at radius 3 is 2.48 bits per heavy atom. The van der Waals surface area contributed by atoms with Gasteiger partial charge in [-0.05, 0) is 36.4 Å². The minimum Gasteiger partial charge on any atom is -0.490 e. The van der Waals surface area contributed by atoms with Crippen LogP contribution in [0.3, 0.4) is 0 Å². The molecule has 1 saturated heterocycles. The van der Waals surface area contributed by atoms with E-state index in [4.69, 9.17) is 9.47 Å². The fourth-order valence-electron chi connectivity index (χ4n) is 2.57. The highest BCUT2D eigenvalue weighted by Gasteiger charge is 2.33. The molecule has 9 heteroatoms. The van der Waals surface area contributed by atoms with Gasteiger partial charge in [-0.25, -0.2) is 9.59 Å². The first-order valence-corrected chi connectivity index (χ1v) is 8.01. The summed E-state index contributed by atoms with van der Waals surface area (Å²) in [5.74, 6) is 0.0810. The topological polar surface area (TPSA) is 108 Å². The predicted molar refractivity (Wildman–Crippen MR) is 94.0 cm³/mol. The molecule has 2 aromatic carbocycles. The zero-order valence-corrected chi connectivity index (χ0v) is 14.4. The lowest BCUT2D eigenvalue weighted by Gasteiger charge is -2.13. The number of hydrogen-bond acceptors (Lipinski definition) is 7. The highest BCUT2D eigenvalue weighted by atomic mass is 16.6. The maximum Gasteiger partial charge on any atom is 0.414 e. The second-order valence-electron chi connectivity index (χ2n) is 5.72. The van der Waals surface area contributed by atoms with Crippen LogP contribution in [-0.4, -0.2) is 43.4 Å². The van der Waals surface area contributed by atoms with Crippen molar-refractivity contribution < 1.29 is 28.7 Å². The number of amides is 1. The number of cyclic esters (lactones) is 1. The lowest BCUT2D eigenvalue weighted by Crippen LogP contribution is -2.26. The fourth-order valence-corrected chi connectivity index (χ4v) is 2.57. The van der Waals surface area contributed by atoms with Crippen molar-refractivity contribution in [3.8, 4) is 5.75 Å². The van der Waals surface area contributed by atoms with Gasteiger partial charge < -0.3 is 14.2 Å². The number of anilines is 1. The van der Waals surface area contributed by atoms with Crippen molar-refractivity contribution in [1.82, 2.24) is 0 Å². The molecule has 1 fully saturated rings. The van der Waals surface area contributed by atoms with E-state index < -0.39 is 23.1 Å². The Balaban J connectivity index is 1.57. The summed E-state index contributed by atoms with van der Waals surface area (Å²) in [6.07, 6.45) is -1.04. The summed E-state index contributed by atoms with van der Waals surface area (Å²) < 4.78 is 15.5. The van der Waals surface area contributed by atoms with Crippen LogP contribution in [0.2, 0.25) is 0 Å². The third-order valence-corrected chi connectivity index (χ3v) is 3.96. The quantitative estimate of drug-likeness (QED) is 0.436. The summed E-state index contributed by atoms with van der Waals surface area (Å²) in [5.41, 5.74) is 0.860. The molecule has 1 amide bonds. The van der Waals surface area contributed by atoms with E-state index >= 15 is 0 Å². The third-order valence-electron chi connectivity index (χ3n) is 3.96. The van der Waals surface area contributed by atoms with Crippen molar-refractivity contribution in [2.45, 2.75) is 6.10 Å². The normalized spacial score (nSPS) is 16.0. The molecule has 0 N–H and O–H groups in total. The van der Waals surface area contributed by atoms with Crippen LogP contribution in [-0.2, 0) is 9.47 Å². The van der Waals surface area contributed by atoms with Gasteiger partial charge in [0.25, 0.3) is 5.69 Å². The Labute approximate surface area is 154 Å². The van der Waals surface area contributed by atoms with Crippen molar-refractivity contribution >= 4 is 23.4 Å². The van der Waals surface area contributed by atoms with Crippen LogP contribution < -0.4 is 9.64 Å². The summed E-state index contributed by atoms with van der Waals surface area (Å²) >= 11 is 0. The molecule has 3 rings (SSSR count). The number of hydrogen-bond donors (Lipinski definition) is 0. The van der Waals surface area contributed by atoms with E-state index in [0.29, 0.717) is 17.0 Å². The Bertz CT molecular complexity index is 849. The van der Waals surface area contributed by atoms with E-state index in [1.807, 2.05) is 0 Å². The minimum absolute atomic E-state index is 0.0541. The lowest BCUT2D eigenvalue weighted by molar-refractivity contribution is -0.384. The summed E-state index contributed by atoms with van der Waals surface area (Å²) in [6.45, 7) is 0.393. The molecular formula is C18H16N2O7. The van der Waals surface area contributed by atoms with Crippen LogP contribution in [0.4, 0.5) is 16.2 Å². The molecule has 0 spiro atoms. The Morgan fingerprint density at radius 1 is 1.22 bits per heavy atom. The van der Waals surface area contributed by atoms with Crippen molar-refractivity contribution in [3.63, 3.8) is 0 Å². The number of carbonyl (C=O) groups is 2. The summed E-state index contributed by atoms with van der Waals surface area (Å²) in [6, 6.07) is 12.0. The van der Waals surface area contributed by atoms with E-state index in [1.165, 1.54) is 36.3 Å². The number of nitro groups is 1. The second-order valence-corrected chi connectivity index (χ2v) is 5.72. The van der Waals surface area contributed by atoms with E-state index in [1.54, 1.807) is 24.3 Å². The highest BCUT2D eigenvalue weighted by Crippen LogP contribution is 2.24. The number of benzene rings is 2. The summed E-state index contributed by atoms with van der Waals surface area (Å²) in [5, 5.41) is 10.7. The van der Waals surface area contributed by atoms with Crippen molar-refractivity contribution in [2.75, 3.05) is 25.2 Å². The smallest absolute Gasteiger partial charge is 0.414 e. The zero-order valence-electron chi connectivity index (χ0n) is 14.4. The number of ether oxygens (including phenoxy) is 3. The minimum atomic E-state index is -0.543. The molecule has 0 aliphatic carbocycles. The molecule has 2 aromatic rings. The zero-order chi connectivity index (χ0) is 19.4. The molecule has 9 nitrogen and oxygen atoms in total. The molecule has 140 valence electrons. The van der Waals surface area contributed by atoms with Gasteiger partial charge in [0.2, 0.25) is 0 Å². The van der Waals surface area contributed by atoms with Crippen LogP contribution in [0.5, 0.6) is 5.75 Å². The molecule has 0 radical (unpaired) electrons. The molecular weight excluding hydrogens is 356 g/mol. The maximum absolute atomic E-state index is 12.0. The van der Waals surface area contributed by atoms with Gasteiger partial charge in [-0.15, -0.1) is 0 Å². The van der Waals surface area contributed by atoms with Crippen LogP contribution in [0.15, 0.2) is 48.5 Å². The SMILES string of the molecule is COC(=O)c1ccc(OCC2CN(c3ccc([N+](=O)[O-])cc3)C(=O)O2)cc1. The molecule has 0 saturated carbocycles. The van der Waals surface area contributed by atoms with Gasteiger partial charge in [0.1, 0.15) is 12.4 Å². The third kappa shape index (κ3) is 4.14. The average Bonchev–Trinajstić information content (AvgIpc) is 3.07. The van der Waals surface area contributed by atoms with E-state index in [0.717, 1.165) is 0 Å². The van der Waals surface area contributed by atoms with Gasteiger partial charge >= 0.3 is 12.1 Å². The highest BCUT2D eigenvalue weighted by molar-refractivity contribution is 5.90. The Kier molecular flexibility index (Phi) is 5.20. The summed E-state index contributed by atoms with van der Waals surface area (Å²) in [7, 11) is 1.30. The number of nitrogens with zero attached hydrogens (tertiary/aromatic N) is 2. The maximum atomic E-state index is 12.0. The molecule has 27 heavy (non-hydrogen) atoms. The van der Waals surface area contributed by atoms with Gasteiger partial charge in [-0.1, -0.05) is 0 Å². The first-order valence-electron chi connectivity index (χ1n) is 8.01. The number of non-ortho nitro benzene ring substituents is 1. The van der Waals surface area contributed by atoms with E-state index in [-0.39, 0.29) is 18.8 Å². The van der Waals surface area contributed by atoms with Crippen molar-refractivity contribution in [3.05, 3.63) is 64.2 Å². The number of rotatable bonds is 6. The molecule has 1 atom stereocenters. The van der Waals surface area contributed by atoms with Crippen molar-refractivity contribution in [2.24, 2.45) is 0 Å². The number of carbonyl (C=O) groups excluding carboxylic acids is 2. The second kappa shape index (κ2) is 7.73. The molecule has 1 heterocycles. The first-order chi connectivity index (χ1) is 13.0. The van der Waals surface area contributed by atoms with Crippen LogP contribution >= 0.6 is 0 Å². The van der Waals surface area contributed by atoms with Gasteiger partial charge in [0.15, 0.2) is 6.10 Å². The number of esters is 1.